The summed E-state index contributed by atoms with van der Waals surface area (Å²) in [6.45, 7) is 1.65. The van der Waals surface area contributed by atoms with E-state index in [0.717, 1.165) is 28.8 Å². The Morgan fingerprint density at radius 3 is 2.83 bits per heavy atom. The number of thiophene rings is 1. The molecule has 0 bridgehead atoms. The number of nitrogens with one attached hydrogen (secondary N) is 1. The maximum atomic E-state index is 13.2. The van der Waals surface area contributed by atoms with E-state index in [2.05, 4.69) is 15.5 Å². The summed E-state index contributed by atoms with van der Waals surface area (Å²) in [5, 5.41) is 11.9. The highest BCUT2D eigenvalue weighted by atomic mass is 32.2. The number of benzene rings is 1. The molecule has 0 unspecified atom stereocenters. The van der Waals surface area contributed by atoms with Crippen LogP contribution in [0.5, 0.6) is 0 Å². The van der Waals surface area contributed by atoms with Crippen LogP contribution in [0.25, 0.3) is 10.8 Å². The van der Waals surface area contributed by atoms with E-state index in [1.165, 1.54) is 17.4 Å². The van der Waals surface area contributed by atoms with Crippen LogP contribution in [0.4, 0.5) is 14.5 Å². The molecule has 9 heteroatoms. The SMILES string of the molecule is C[C@H](Sc1nnc(-c2cccs2)o1)C(=O)Nc1ccc(F)c(F)c1. The lowest BCUT2D eigenvalue weighted by Gasteiger charge is -2.10. The van der Waals surface area contributed by atoms with Crippen molar-refractivity contribution in [2.24, 2.45) is 0 Å². The van der Waals surface area contributed by atoms with Gasteiger partial charge in [0.15, 0.2) is 11.6 Å². The molecule has 2 aromatic heterocycles. The number of halogens is 2. The van der Waals surface area contributed by atoms with Crippen LogP contribution >= 0.6 is 23.1 Å². The van der Waals surface area contributed by atoms with Gasteiger partial charge in [-0.05, 0) is 30.5 Å². The molecular weight excluding hydrogens is 356 g/mol. The summed E-state index contributed by atoms with van der Waals surface area (Å²) in [5.41, 5.74) is 0.177. The lowest BCUT2D eigenvalue weighted by molar-refractivity contribution is -0.115. The average molecular weight is 367 g/mol. The number of carbonyl (C=O) groups is 1. The minimum absolute atomic E-state index is 0.177. The number of hydrogen-bond donors (Lipinski definition) is 1. The quantitative estimate of drug-likeness (QED) is 0.685. The molecule has 2 heterocycles. The Morgan fingerprint density at radius 2 is 2.12 bits per heavy atom. The van der Waals surface area contributed by atoms with Gasteiger partial charge in [0.1, 0.15) is 0 Å². The first kappa shape index (κ1) is 16.6. The number of amides is 1. The number of anilines is 1. The van der Waals surface area contributed by atoms with Gasteiger partial charge in [0.25, 0.3) is 11.1 Å². The number of rotatable bonds is 5. The fourth-order valence-electron chi connectivity index (χ4n) is 1.78. The molecule has 0 saturated heterocycles. The molecule has 0 aliphatic heterocycles. The Hall–Kier alpha value is -2.26. The van der Waals surface area contributed by atoms with Gasteiger partial charge in [-0.25, -0.2) is 8.78 Å². The van der Waals surface area contributed by atoms with Gasteiger partial charge in [0, 0.05) is 11.8 Å². The van der Waals surface area contributed by atoms with E-state index < -0.39 is 16.9 Å². The van der Waals surface area contributed by atoms with E-state index in [4.69, 9.17) is 4.42 Å². The predicted molar refractivity (Wildman–Crippen MR) is 87.9 cm³/mol. The molecule has 1 atom stereocenters. The molecule has 0 saturated carbocycles. The lowest BCUT2D eigenvalue weighted by Crippen LogP contribution is -2.22. The third-order valence-electron chi connectivity index (χ3n) is 2.97. The minimum atomic E-state index is -1.02. The second-order valence-electron chi connectivity index (χ2n) is 4.73. The normalized spacial score (nSPS) is 12.1. The average Bonchev–Trinajstić information content (AvgIpc) is 3.21. The lowest BCUT2D eigenvalue weighted by atomic mass is 10.3. The van der Waals surface area contributed by atoms with Crippen molar-refractivity contribution in [3.05, 3.63) is 47.3 Å². The number of aromatic nitrogens is 2. The van der Waals surface area contributed by atoms with Crippen molar-refractivity contribution in [3.63, 3.8) is 0 Å². The van der Waals surface area contributed by atoms with Gasteiger partial charge < -0.3 is 9.73 Å². The molecule has 124 valence electrons. The number of nitrogens with zero attached hydrogens (tertiary/aromatic N) is 2. The molecule has 0 radical (unpaired) electrons. The predicted octanol–water partition coefficient (Wildman–Crippen LogP) is 4.20. The van der Waals surface area contributed by atoms with Gasteiger partial charge in [-0.3, -0.25) is 4.79 Å². The molecular formula is C15H11F2N3O2S2. The maximum absolute atomic E-state index is 13.2. The smallest absolute Gasteiger partial charge is 0.277 e. The maximum Gasteiger partial charge on any atom is 0.277 e. The number of carbonyl (C=O) groups excluding carboxylic acids is 1. The van der Waals surface area contributed by atoms with Crippen LogP contribution in [0, 0.1) is 11.6 Å². The Bertz CT molecular complexity index is 852. The number of thioether (sulfide) groups is 1. The molecule has 0 fully saturated rings. The summed E-state index contributed by atoms with van der Waals surface area (Å²) in [6.07, 6.45) is 0. The van der Waals surface area contributed by atoms with Crippen molar-refractivity contribution in [2.45, 2.75) is 17.4 Å². The largest absolute Gasteiger partial charge is 0.410 e. The first-order chi connectivity index (χ1) is 11.5. The molecule has 3 aromatic rings. The Balaban J connectivity index is 1.62. The summed E-state index contributed by atoms with van der Waals surface area (Å²) in [7, 11) is 0. The molecule has 24 heavy (non-hydrogen) atoms. The topological polar surface area (TPSA) is 68.0 Å². The molecule has 0 aliphatic rings. The van der Waals surface area contributed by atoms with E-state index in [9.17, 15) is 13.6 Å². The molecule has 1 N–H and O–H groups in total. The fourth-order valence-corrected chi connectivity index (χ4v) is 3.11. The summed E-state index contributed by atoms with van der Waals surface area (Å²) in [6, 6.07) is 6.89. The van der Waals surface area contributed by atoms with Crippen molar-refractivity contribution in [1.82, 2.24) is 10.2 Å². The fraction of sp³-hybridized carbons (Fsp3) is 0.133. The second kappa shape index (κ2) is 7.10. The highest BCUT2D eigenvalue weighted by molar-refractivity contribution is 8.00. The summed E-state index contributed by atoms with van der Waals surface area (Å²) < 4.78 is 31.5. The van der Waals surface area contributed by atoms with Gasteiger partial charge in [0.05, 0.1) is 10.1 Å². The monoisotopic (exact) mass is 367 g/mol. The van der Waals surface area contributed by atoms with Crippen molar-refractivity contribution in [2.75, 3.05) is 5.32 Å². The molecule has 0 aliphatic carbocycles. The van der Waals surface area contributed by atoms with Crippen LogP contribution < -0.4 is 5.32 Å². The molecule has 5 nitrogen and oxygen atoms in total. The molecule has 1 amide bonds. The van der Waals surface area contributed by atoms with Gasteiger partial charge in [-0.1, -0.05) is 17.8 Å². The number of hydrogen-bond acceptors (Lipinski definition) is 6. The molecule has 3 rings (SSSR count). The molecule has 1 aromatic carbocycles. The highest BCUT2D eigenvalue weighted by Gasteiger charge is 2.19. The van der Waals surface area contributed by atoms with Crippen molar-refractivity contribution in [3.8, 4) is 10.8 Å². The third-order valence-corrected chi connectivity index (χ3v) is 4.76. The first-order valence-corrected chi connectivity index (χ1v) is 8.59. The third kappa shape index (κ3) is 3.80. The van der Waals surface area contributed by atoms with Crippen LogP contribution in [-0.4, -0.2) is 21.4 Å². The van der Waals surface area contributed by atoms with Crippen LogP contribution in [-0.2, 0) is 4.79 Å². The first-order valence-electron chi connectivity index (χ1n) is 6.83. The highest BCUT2D eigenvalue weighted by Crippen LogP contribution is 2.28. The Kier molecular flexibility index (Phi) is 4.91. The summed E-state index contributed by atoms with van der Waals surface area (Å²) >= 11 is 2.55. The van der Waals surface area contributed by atoms with E-state index in [1.807, 2.05) is 17.5 Å². The minimum Gasteiger partial charge on any atom is -0.410 e. The van der Waals surface area contributed by atoms with Crippen LogP contribution in [0.15, 0.2) is 45.4 Å². The standard InChI is InChI=1S/C15H11F2N3O2S2/c1-8(13(21)18-9-4-5-10(16)11(17)7-9)24-15-20-19-14(22-15)12-3-2-6-23-12/h2-8H,1H3,(H,18,21)/t8-/m0/s1. The van der Waals surface area contributed by atoms with Gasteiger partial charge in [-0.15, -0.1) is 21.5 Å². The molecule has 0 spiro atoms. The van der Waals surface area contributed by atoms with Gasteiger partial charge >= 0.3 is 0 Å². The zero-order valence-corrected chi connectivity index (χ0v) is 14.0. The summed E-state index contributed by atoms with van der Waals surface area (Å²) in [5.74, 6) is -1.99. The van der Waals surface area contributed by atoms with E-state index in [1.54, 1.807) is 6.92 Å². The van der Waals surface area contributed by atoms with Crippen molar-refractivity contribution < 1.29 is 18.0 Å². The zero-order valence-electron chi connectivity index (χ0n) is 12.3. The van der Waals surface area contributed by atoms with Crippen LogP contribution in [0.1, 0.15) is 6.92 Å². The van der Waals surface area contributed by atoms with Crippen molar-refractivity contribution in [1.29, 1.82) is 0 Å². The zero-order chi connectivity index (χ0) is 17.1. The van der Waals surface area contributed by atoms with Gasteiger partial charge in [-0.2, -0.15) is 0 Å². The summed E-state index contributed by atoms with van der Waals surface area (Å²) in [4.78, 5) is 13.0. The van der Waals surface area contributed by atoms with E-state index >= 15 is 0 Å². The second-order valence-corrected chi connectivity index (χ2v) is 6.97. The van der Waals surface area contributed by atoms with Crippen molar-refractivity contribution >= 4 is 34.7 Å². The van der Waals surface area contributed by atoms with E-state index in [-0.39, 0.29) is 16.8 Å². The Labute approximate surface area is 144 Å². The van der Waals surface area contributed by atoms with Crippen LogP contribution in [0.3, 0.4) is 0 Å². The van der Waals surface area contributed by atoms with E-state index in [0.29, 0.717) is 5.89 Å². The van der Waals surface area contributed by atoms with Crippen LogP contribution in [0.2, 0.25) is 0 Å². The Morgan fingerprint density at radius 1 is 1.29 bits per heavy atom. The van der Waals surface area contributed by atoms with Gasteiger partial charge in [0.2, 0.25) is 5.91 Å².